The summed E-state index contributed by atoms with van der Waals surface area (Å²) in [5.41, 5.74) is 7.92. The SMILES string of the molecule is Cc1ccccc1N1CC(C)(C)N(C)C(=O)C1CN. The van der Waals surface area contributed by atoms with Gasteiger partial charge in [0.25, 0.3) is 0 Å². The fourth-order valence-corrected chi connectivity index (χ4v) is 2.66. The molecule has 2 rings (SSSR count). The summed E-state index contributed by atoms with van der Waals surface area (Å²) in [6.45, 7) is 7.38. The Labute approximate surface area is 115 Å². The second-order valence-corrected chi connectivity index (χ2v) is 5.88. The van der Waals surface area contributed by atoms with E-state index in [2.05, 4.69) is 37.8 Å². The minimum Gasteiger partial charge on any atom is -0.356 e. The molecule has 0 spiro atoms. The van der Waals surface area contributed by atoms with Gasteiger partial charge in [0.1, 0.15) is 6.04 Å². The predicted molar refractivity (Wildman–Crippen MR) is 78.2 cm³/mol. The van der Waals surface area contributed by atoms with Crippen molar-refractivity contribution in [2.75, 3.05) is 25.0 Å². The summed E-state index contributed by atoms with van der Waals surface area (Å²) < 4.78 is 0. The van der Waals surface area contributed by atoms with Crippen LogP contribution < -0.4 is 10.6 Å². The van der Waals surface area contributed by atoms with E-state index >= 15 is 0 Å². The minimum absolute atomic E-state index is 0.0991. The van der Waals surface area contributed by atoms with E-state index in [9.17, 15) is 4.79 Å². The molecule has 1 saturated heterocycles. The summed E-state index contributed by atoms with van der Waals surface area (Å²) in [4.78, 5) is 16.4. The van der Waals surface area contributed by atoms with Crippen LogP contribution in [0, 0.1) is 6.92 Å². The Balaban J connectivity index is 2.43. The highest BCUT2D eigenvalue weighted by atomic mass is 16.2. The highest BCUT2D eigenvalue weighted by Gasteiger charge is 2.42. The van der Waals surface area contributed by atoms with Gasteiger partial charge in [0.15, 0.2) is 0 Å². The van der Waals surface area contributed by atoms with E-state index in [-0.39, 0.29) is 17.5 Å². The zero-order valence-corrected chi connectivity index (χ0v) is 12.2. The van der Waals surface area contributed by atoms with E-state index < -0.39 is 0 Å². The molecule has 0 bridgehead atoms. The molecule has 1 aliphatic heterocycles. The molecule has 4 nitrogen and oxygen atoms in total. The molecule has 1 aromatic rings. The van der Waals surface area contributed by atoms with Crippen LogP contribution in [0.5, 0.6) is 0 Å². The largest absolute Gasteiger partial charge is 0.356 e. The number of nitrogens with zero attached hydrogens (tertiary/aromatic N) is 2. The number of nitrogens with two attached hydrogens (primary N) is 1. The van der Waals surface area contributed by atoms with Crippen LogP contribution in [0.15, 0.2) is 24.3 Å². The normalized spacial score (nSPS) is 22.8. The maximum atomic E-state index is 12.5. The highest BCUT2D eigenvalue weighted by Crippen LogP contribution is 2.30. The smallest absolute Gasteiger partial charge is 0.246 e. The van der Waals surface area contributed by atoms with Crippen molar-refractivity contribution in [1.29, 1.82) is 0 Å². The number of carbonyl (C=O) groups excluding carboxylic acids is 1. The van der Waals surface area contributed by atoms with Crippen LogP contribution in [0.25, 0.3) is 0 Å². The van der Waals surface area contributed by atoms with Crippen molar-refractivity contribution >= 4 is 11.6 Å². The van der Waals surface area contributed by atoms with Gasteiger partial charge in [-0.2, -0.15) is 0 Å². The number of aryl methyl sites for hydroxylation is 1. The van der Waals surface area contributed by atoms with Crippen molar-refractivity contribution in [3.8, 4) is 0 Å². The lowest BCUT2D eigenvalue weighted by atomic mass is 9.94. The molecule has 1 aliphatic rings. The summed E-state index contributed by atoms with van der Waals surface area (Å²) >= 11 is 0. The molecule has 1 atom stereocenters. The van der Waals surface area contributed by atoms with Crippen LogP contribution in [0.4, 0.5) is 5.69 Å². The maximum Gasteiger partial charge on any atom is 0.246 e. The van der Waals surface area contributed by atoms with Gasteiger partial charge in [0.2, 0.25) is 5.91 Å². The number of hydrogen-bond acceptors (Lipinski definition) is 3. The molecule has 0 aliphatic carbocycles. The molecule has 1 aromatic carbocycles. The molecule has 1 amide bonds. The summed E-state index contributed by atoms with van der Waals surface area (Å²) in [7, 11) is 1.86. The fourth-order valence-electron chi connectivity index (χ4n) is 2.66. The first kappa shape index (κ1) is 13.9. The first-order chi connectivity index (χ1) is 8.88. The number of anilines is 1. The Kier molecular flexibility index (Phi) is 3.54. The molecule has 0 aromatic heterocycles. The van der Waals surface area contributed by atoms with Gasteiger partial charge in [-0.05, 0) is 32.4 Å². The predicted octanol–water partition coefficient (Wildman–Crippen LogP) is 1.38. The van der Waals surface area contributed by atoms with Crippen molar-refractivity contribution in [3.63, 3.8) is 0 Å². The number of benzene rings is 1. The van der Waals surface area contributed by atoms with Crippen LogP contribution in [0.3, 0.4) is 0 Å². The molecular weight excluding hydrogens is 238 g/mol. The number of amides is 1. The van der Waals surface area contributed by atoms with Crippen molar-refractivity contribution in [3.05, 3.63) is 29.8 Å². The third-order valence-electron chi connectivity index (χ3n) is 4.11. The molecule has 4 heteroatoms. The second-order valence-electron chi connectivity index (χ2n) is 5.88. The Bertz CT molecular complexity index is 484. The number of hydrogen-bond donors (Lipinski definition) is 1. The first-order valence-electron chi connectivity index (χ1n) is 6.68. The molecule has 1 heterocycles. The molecule has 0 radical (unpaired) electrons. The van der Waals surface area contributed by atoms with Crippen LogP contribution in [0.1, 0.15) is 19.4 Å². The lowest BCUT2D eigenvalue weighted by Gasteiger charge is -2.50. The van der Waals surface area contributed by atoms with Gasteiger partial charge >= 0.3 is 0 Å². The topological polar surface area (TPSA) is 49.6 Å². The zero-order valence-electron chi connectivity index (χ0n) is 12.2. The molecule has 0 saturated carbocycles. The minimum atomic E-state index is -0.265. The van der Waals surface area contributed by atoms with E-state index in [0.29, 0.717) is 6.54 Å². The number of carbonyl (C=O) groups is 1. The van der Waals surface area contributed by atoms with E-state index in [1.807, 2.05) is 24.1 Å². The van der Waals surface area contributed by atoms with Gasteiger partial charge in [-0.3, -0.25) is 4.79 Å². The fraction of sp³-hybridized carbons (Fsp3) is 0.533. The average molecular weight is 261 g/mol. The average Bonchev–Trinajstić information content (AvgIpc) is 2.36. The van der Waals surface area contributed by atoms with Gasteiger partial charge in [-0.15, -0.1) is 0 Å². The van der Waals surface area contributed by atoms with Gasteiger partial charge in [-0.1, -0.05) is 18.2 Å². The molecule has 2 N–H and O–H groups in total. The van der Waals surface area contributed by atoms with Crippen molar-refractivity contribution in [2.24, 2.45) is 5.73 Å². The Morgan fingerprint density at radius 2 is 2.00 bits per heavy atom. The number of para-hydroxylation sites is 1. The summed E-state index contributed by atoms with van der Waals surface area (Å²) in [5, 5.41) is 0. The second kappa shape index (κ2) is 4.85. The zero-order chi connectivity index (χ0) is 14.2. The Morgan fingerprint density at radius 1 is 1.37 bits per heavy atom. The van der Waals surface area contributed by atoms with Crippen LogP contribution in [-0.2, 0) is 4.79 Å². The highest BCUT2D eigenvalue weighted by molar-refractivity contribution is 5.88. The number of rotatable bonds is 2. The van der Waals surface area contributed by atoms with Crippen molar-refractivity contribution < 1.29 is 4.79 Å². The van der Waals surface area contributed by atoms with Gasteiger partial charge in [-0.25, -0.2) is 0 Å². The first-order valence-corrected chi connectivity index (χ1v) is 6.68. The summed E-state index contributed by atoms with van der Waals surface area (Å²) in [6.07, 6.45) is 0. The Hall–Kier alpha value is -1.55. The summed E-state index contributed by atoms with van der Waals surface area (Å²) in [5.74, 6) is 0.0991. The van der Waals surface area contributed by atoms with Crippen LogP contribution in [0.2, 0.25) is 0 Å². The standard InChI is InChI=1S/C15H23N3O/c1-11-7-5-6-8-12(11)18-10-15(2,3)17(4)14(19)13(18)9-16/h5-8,13H,9-10,16H2,1-4H3. The van der Waals surface area contributed by atoms with Crippen LogP contribution >= 0.6 is 0 Å². The van der Waals surface area contributed by atoms with Crippen molar-refractivity contribution in [2.45, 2.75) is 32.4 Å². The number of likely N-dealkylation sites (N-methyl/N-ethyl adjacent to an activating group) is 1. The lowest BCUT2D eigenvalue weighted by Crippen LogP contribution is -2.67. The molecule has 1 fully saturated rings. The van der Waals surface area contributed by atoms with Gasteiger partial charge in [0.05, 0.1) is 5.54 Å². The molecule has 19 heavy (non-hydrogen) atoms. The molecular formula is C15H23N3O. The third-order valence-corrected chi connectivity index (χ3v) is 4.11. The Morgan fingerprint density at radius 3 is 2.58 bits per heavy atom. The van der Waals surface area contributed by atoms with E-state index in [1.165, 1.54) is 5.56 Å². The maximum absolute atomic E-state index is 12.5. The molecule has 104 valence electrons. The monoisotopic (exact) mass is 261 g/mol. The number of piperazine rings is 1. The van der Waals surface area contributed by atoms with Gasteiger partial charge in [0, 0.05) is 25.8 Å². The van der Waals surface area contributed by atoms with Crippen LogP contribution in [-0.4, -0.2) is 42.5 Å². The lowest BCUT2D eigenvalue weighted by molar-refractivity contribution is -0.138. The van der Waals surface area contributed by atoms with E-state index in [1.54, 1.807) is 0 Å². The molecule has 1 unspecified atom stereocenters. The quantitative estimate of drug-likeness (QED) is 0.875. The van der Waals surface area contributed by atoms with E-state index in [0.717, 1.165) is 12.2 Å². The van der Waals surface area contributed by atoms with Gasteiger partial charge < -0.3 is 15.5 Å². The van der Waals surface area contributed by atoms with Crippen molar-refractivity contribution in [1.82, 2.24) is 4.90 Å². The van der Waals surface area contributed by atoms with E-state index in [4.69, 9.17) is 5.73 Å². The summed E-state index contributed by atoms with van der Waals surface area (Å²) in [6, 6.07) is 7.88. The third kappa shape index (κ3) is 2.32.